The fourth-order valence-corrected chi connectivity index (χ4v) is 1.93. The Kier molecular flexibility index (Phi) is 10.5. The van der Waals surface area contributed by atoms with Crippen LogP contribution in [0.25, 0.3) is 0 Å². The van der Waals surface area contributed by atoms with Gasteiger partial charge < -0.3 is 9.47 Å². The van der Waals surface area contributed by atoms with E-state index in [0.717, 1.165) is 5.57 Å². The van der Waals surface area contributed by atoms with Crippen LogP contribution in [-0.4, -0.2) is 25.2 Å². The first kappa shape index (κ1) is 20.9. The van der Waals surface area contributed by atoms with Crippen LogP contribution in [0.3, 0.4) is 0 Å². The molecule has 0 spiro atoms. The van der Waals surface area contributed by atoms with Crippen LogP contribution in [0.4, 0.5) is 0 Å². The van der Waals surface area contributed by atoms with Crippen LogP contribution in [0.1, 0.15) is 47.5 Å². The Morgan fingerprint density at radius 2 is 1.57 bits per heavy atom. The van der Waals surface area contributed by atoms with Gasteiger partial charge in [-0.3, -0.25) is 9.59 Å². The zero-order chi connectivity index (χ0) is 17.7. The molecule has 23 heavy (non-hydrogen) atoms. The fourth-order valence-electron chi connectivity index (χ4n) is 1.93. The molecule has 0 aromatic rings. The molecule has 0 saturated carbocycles. The van der Waals surface area contributed by atoms with E-state index in [4.69, 9.17) is 9.47 Å². The Bertz CT molecular complexity index is 483. The summed E-state index contributed by atoms with van der Waals surface area (Å²) in [6.07, 6.45) is 9.41. The van der Waals surface area contributed by atoms with E-state index in [1.165, 1.54) is 0 Å². The normalized spacial score (nSPS) is 11.3. The second-order valence-corrected chi connectivity index (χ2v) is 5.23. The van der Waals surface area contributed by atoms with Crippen LogP contribution < -0.4 is 0 Å². The van der Waals surface area contributed by atoms with Gasteiger partial charge in [-0.25, -0.2) is 0 Å². The predicted molar refractivity (Wildman–Crippen MR) is 91.8 cm³/mol. The molecule has 0 N–H and O–H groups in total. The summed E-state index contributed by atoms with van der Waals surface area (Å²) in [6, 6.07) is 0. The summed E-state index contributed by atoms with van der Waals surface area (Å²) in [4.78, 5) is 25.0. The molecule has 0 aliphatic rings. The average Bonchev–Trinajstić information content (AvgIpc) is 2.49. The van der Waals surface area contributed by atoms with Gasteiger partial charge in [0.2, 0.25) is 0 Å². The number of hydrogen-bond donors (Lipinski definition) is 0. The minimum absolute atomic E-state index is 0.191. The molecule has 0 aromatic carbocycles. The van der Waals surface area contributed by atoms with Crippen molar-refractivity contribution in [3.8, 4) is 0 Å². The highest BCUT2D eigenvalue weighted by atomic mass is 16.6. The summed E-state index contributed by atoms with van der Waals surface area (Å²) >= 11 is 0. The number of ether oxygens (including phenoxy) is 2. The molecule has 0 aliphatic carbocycles. The van der Waals surface area contributed by atoms with E-state index in [0.29, 0.717) is 0 Å². The monoisotopic (exact) mass is 320 g/mol. The largest absolute Gasteiger partial charge is 0.465 e. The van der Waals surface area contributed by atoms with Gasteiger partial charge in [-0.15, -0.1) is 5.73 Å². The van der Waals surface area contributed by atoms with Gasteiger partial charge in [0.15, 0.2) is 5.41 Å². The van der Waals surface area contributed by atoms with E-state index < -0.39 is 17.4 Å². The van der Waals surface area contributed by atoms with Crippen molar-refractivity contribution in [2.45, 2.75) is 47.5 Å². The maximum atomic E-state index is 12.5. The third kappa shape index (κ3) is 7.16. The first-order chi connectivity index (χ1) is 10.9. The standard InChI is InChI=1S/C19H28O4/c1-6-9-10-11-14-19(17(20)22-7-2,18(21)23-8-3)15-12-13-16(4)5/h6,9-12H,7-8,14-15H2,1-5H3/b9-6+,11-10+. The molecule has 0 amide bonds. The Hall–Kier alpha value is -2.06. The number of rotatable bonds is 9. The Morgan fingerprint density at radius 1 is 1.00 bits per heavy atom. The molecule has 0 aliphatic heterocycles. The summed E-state index contributed by atoms with van der Waals surface area (Å²) < 4.78 is 10.3. The predicted octanol–water partition coefficient (Wildman–Crippen LogP) is 4.13. The Balaban J connectivity index is 5.72. The number of carbonyl (C=O) groups is 2. The lowest BCUT2D eigenvalue weighted by atomic mass is 9.80. The van der Waals surface area contributed by atoms with Gasteiger partial charge >= 0.3 is 11.9 Å². The highest BCUT2D eigenvalue weighted by Crippen LogP contribution is 2.32. The lowest BCUT2D eigenvalue weighted by Gasteiger charge is -2.26. The molecule has 4 nitrogen and oxygen atoms in total. The van der Waals surface area contributed by atoms with Crippen molar-refractivity contribution >= 4 is 11.9 Å². The van der Waals surface area contributed by atoms with E-state index in [1.807, 2.05) is 32.9 Å². The Labute approximate surface area is 139 Å². The van der Waals surface area contributed by atoms with Crippen molar-refractivity contribution < 1.29 is 19.1 Å². The number of esters is 2. The van der Waals surface area contributed by atoms with E-state index in [2.05, 4.69) is 5.73 Å². The zero-order valence-corrected chi connectivity index (χ0v) is 14.8. The van der Waals surface area contributed by atoms with Gasteiger partial charge in [-0.05, 0) is 59.1 Å². The van der Waals surface area contributed by atoms with Crippen LogP contribution in [0.15, 0.2) is 41.7 Å². The summed E-state index contributed by atoms with van der Waals surface area (Å²) in [5.41, 5.74) is 2.63. The van der Waals surface area contributed by atoms with Gasteiger partial charge in [0.25, 0.3) is 0 Å². The number of carbonyl (C=O) groups excluding carboxylic acids is 2. The van der Waals surface area contributed by atoms with Crippen molar-refractivity contribution in [1.82, 2.24) is 0 Å². The van der Waals surface area contributed by atoms with E-state index in [9.17, 15) is 9.59 Å². The van der Waals surface area contributed by atoms with Crippen LogP contribution in [0.2, 0.25) is 0 Å². The third-order valence-corrected chi connectivity index (χ3v) is 3.08. The van der Waals surface area contributed by atoms with Gasteiger partial charge in [-0.1, -0.05) is 24.3 Å². The second-order valence-electron chi connectivity index (χ2n) is 5.23. The molecule has 0 unspecified atom stereocenters. The molecule has 0 bridgehead atoms. The minimum atomic E-state index is -1.37. The highest BCUT2D eigenvalue weighted by Gasteiger charge is 2.47. The first-order valence-corrected chi connectivity index (χ1v) is 7.95. The lowest BCUT2D eigenvalue weighted by Crippen LogP contribution is -2.41. The van der Waals surface area contributed by atoms with E-state index in [-0.39, 0.29) is 26.1 Å². The minimum Gasteiger partial charge on any atom is -0.465 e. The molecular formula is C19H28O4. The van der Waals surface area contributed by atoms with Crippen molar-refractivity contribution in [3.05, 3.63) is 41.7 Å². The molecule has 0 heterocycles. The maximum absolute atomic E-state index is 12.5. The molecular weight excluding hydrogens is 292 g/mol. The smallest absolute Gasteiger partial charge is 0.324 e. The quantitative estimate of drug-likeness (QED) is 0.277. The Morgan fingerprint density at radius 3 is 2.00 bits per heavy atom. The highest BCUT2D eigenvalue weighted by molar-refractivity contribution is 6.00. The van der Waals surface area contributed by atoms with Crippen LogP contribution in [0, 0.1) is 5.41 Å². The van der Waals surface area contributed by atoms with Crippen LogP contribution in [-0.2, 0) is 19.1 Å². The molecule has 0 rings (SSSR count). The zero-order valence-electron chi connectivity index (χ0n) is 14.8. The fraction of sp³-hybridized carbons (Fsp3) is 0.526. The first-order valence-electron chi connectivity index (χ1n) is 7.95. The SMILES string of the molecule is C/C=C/C=C/CC(CC=C=C(C)C)(C(=O)OCC)C(=O)OCC. The van der Waals surface area contributed by atoms with Gasteiger partial charge in [0.1, 0.15) is 0 Å². The number of hydrogen-bond acceptors (Lipinski definition) is 4. The average molecular weight is 320 g/mol. The maximum Gasteiger partial charge on any atom is 0.324 e. The van der Waals surface area contributed by atoms with Crippen molar-refractivity contribution in [1.29, 1.82) is 0 Å². The molecule has 0 radical (unpaired) electrons. The van der Waals surface area contributed by atoms with Gasteiger partial charge in [0, 0.05) is 0 Å². The molecule has 0 aromatic heterocycles. The molecule has 4 heteroatoms. The summed E-state index contributed by atoms with van der Waals surface area (Å²) in [5, 5.41) is 0. The summed E-state index contributed by atoms with van der Waals surface area (Å²) in [6.45, 7) is 9.56. The third-order valence-electron chi connectivity index (χ3n) is 3.08. The van der Waals surface area contributed by atoms with Crippen molar-refractivity contribution in [3.63, 3.8) is 0 Å². The van der Waals surface area contributed by atoms with Crippen LogP contribution in [0.5, 0.6) is 0 Å². The van der Waals surface area contributed by atoms with E-state index in [1.54, 1.807) is 32.1 Å². The van der Waals surface area contributed by atoms with Gasteiger partial charge in [0.05, 0.1) is 13.2 Å². The van der Waals surface area contributed by atoms with E-state index >= 15 is 0 Å². The molecule has 0 atom stereocenters. The van der Waals surface area contributed by atoms with Crippen LogP contribution >= 0.6 is 0 Å². The molecule has 0 saturated heterocycles. The second kappa shape index (κ2) is 11.5. The van der Waals surface area contributed by atoms with Crippen molar-refractivity contribution in [2.24, 2.45) is 5.41 Å². The van der Waals surface area contributed by atoms with Crippen molar-refractivity contribution in [2.75, 3.05) is 13.2 Å². The number of allylic oxidation sites excluding steroid dienone is 5. The van der Waals surface area contributed by atoms with Gasteiger partial charge in [-0.2, -0.15) is 0 Å². The lowest BCUT2D eigenvalue weighted by molar-refractivity contribution is -0.171. The summed E-state index contributed by atoms with van der Waals surface area (Å²) in [5.74, 6) is -1.12. The topological polar surface area (TPSA) is 52.6 Å². The summed E-state index contributed by atoms with van der Waals surface area (Å²) in [7, 11) is 0. The molecule has 0 fully saturated rings. The molecule has 128 valence electrons.